The lowest BCUT2D eigenvalue weighted by Gasteiger charge is -2.36. The lowest BCUT2D eigenvalue weighted by molar-refractivity contribution is -0.135. The number of benzene rings is 1. The highest BCUT2D eigenvalue weighted by molar-refractivity contribution is 5.96. The van der Waals surface area contributed by atoms with Crippen molar-refractivity contribution in [2.45, 2.75) is 65.2 Å². The maximum Gasteiger partial charge on any atom is 0.230 e. The Morgan fingerprint density at radius 3 is 2.54 bits per heavy atom. The zero-order valence-electron chi connectivity index (χ0n) is 16.5. The highest BCUT2D eigenvalue weighted by atomic mass is 16.2. The summed E-state index contributed by atoms with van der Waals surface area (Å²) >= 11 is 0. The molecule has 2 aliphatic rings. The van der Waals surface area contributed by atoms with Gasteiger partial charge in [-0.3, -0.25) is 9.59 Å². The fourth-order valence-corrected chi connectivity index (χ4v) is 4.17. The topological polar surface area (TPSA) is 40.6 Å². The molecule has 26 heavy (non-hydrogen) atoms. The van der Waals surface area contributed by atoms with Gasteiger partial charge in [0.2, 0.25) is 11.8 Å². The summed E-state index contributed by atoms with van der Waals surface area (Å²) in [7, 11) is 0. The Morgan fingerprint density at radius 1 is 1.15 bits per heavy atom. The molecule has 1 saturated heterocycles. The van der Waals surface area contributed by atoms with E-state index in [9.17, 15) is 9.59 Å². The Balaban J connectivity index is 1.68. The van der Waals surface area contributed by atoms with Crippen LogP contribution in [0.2, 0.25) is 0 Å². The third-order valence-electron chi connectivity index (χ3n) is 5.82. The average Bonchev–Trinajstić information content (AvgIpc) is 2.66. The van der Waals surface area contributed by atoms with E-state index in [-0.39, 0.29) is 17.7 Å². The van der Waals surface area contributed by atoms with Crippen molar-refractivity contribution in [1.82, 2.24) is 4.90 Å². The third kappa shape index (κ3) is 3.94. The van der Waals surface area contributed by atoms with Crippen LogP contribution in [-0.2, 0) is 16.0 Å². The minimum atomic E-state index is 0.0522. The van der Waals surface area contributed by atoms with Gasteiger partial charge in [-0.2, -0.15) is 0 Å². The molecule has 2 amide bonds. The van der Waals surface area contributed by atoms with Crippen LogP contribution in [0.3, 0.4) is 0 Å². The molecule has 1 aromatic carbocycles. The predicted octanol–water partition coefficient (Wildman–Crippen LogP) is 4.13. The van der Waals surface area contributed by atoms with Gasteiger partial charge in [0, 0.05) is 37.7 Å². The Morgan fingerprint density at radius 2 is 1.88 bits per heavy atom. The Hall–Kier alpha value is -1.84. The number of amides is 2. The first-order valence-corrected chi connectivity index (χ1v) is 10.2. The number of carbonyl (C=O) groups excluding carboxylic acids is 2. The van der Waals surface area contributed by atoms with Gasteiger partial charge in [0.05, 0.1) is 0 Å². The molecule has 0 aromatic heterocycles. The largest absolute Gasteiger partial charge is 0.343 e. The van der Waals surface area contributed by atoms with Crippen LogP contribution in [0.4, 0.5) is 5.69 Å². The van der Waals surface area contributed by atoms with Gasteiger partial charge in [0.1, 0.15) is 0 Å². The number of rotatable bonds is 4. The maximum atomic E-state index is 13.2. The van der Waals surface area contributed by atoms with Gasteiger partial charge in [0.25, 0.3) is 0 Å². The second-order valence-electron chi connectivity index (χ2n) is 8.04. The fraction of sp³-hybridized carbons (Fsp3) is 0.636. The van der Waals surface area contributed by atoms with Crippen molar-refractivity contribution in [3.63, 3.8) is 0 Å². The van der Waals surface area contributed by atoms with Crippen molar-refractivity contribution in [3.05, 3.63) is 29.3 Å². The monoisotopic (exact) mass is 356 g/mol. The van der Waals surface area contributed by atoms with Crippen molar-refractivity contribution < 1.29 is 9.59 Å². The molecule has 0 saturated carbocycles. The van der Waals surface area contributed by atoms with Crippen molar-refractivity contribution >= 4 is 17.5 Å². The summed E-state index contributed by atoms with van der Waals surface area (Å²) in [6, 6.07) is 6.59. The minimum absolute atomic E-state index is 0.0522. The van der Waals surface area contributed by atoms with Gasteiger partial charge in [-0.1, -0.05) is 32.9 Å². The van der Waals surface area contributed by atoms with Crippen LogP contribution in [0.25, 0.3) is 0 Å². The van der Waals surface area contributed by atoms with Gasteiger partial charge in [-0.15, -0.1) is 0 Å². The first-order chi connectivity index (χ1) is 12.5. The van der Waals surface area contributed by atoms with Crippen LogP contribution in [0, 0.1) is 5.92 Å². The zero-order valence-corrected chi connectivity index (χ0v) is 16.5. The molecule has 2 aliphatic heterocycles. The summed E-state index contributed by atoms with van der Waals surface area (Å²) in [4.78, 5) is 29.2. The van der Waals surface area contributed by atoms with Crippen molar-refractivity contribution in [2.75, 3.05) is 24.5 Å². The number of fused-ring (bicyclic) bond motifs is 1. The van der Waals surface area contributed by atoms with Crippen LogP contribution in [0.1, 0.15) is 69.9 Å². The third-order valence-corrected chi connectivity index (χ3v) is 5.82. The van der Waals surface area contributed by atoms with Gasteiger partial charge in [0.15, 0.2) is 0 Å². The number of carbonyl (C=O) groups is 2. The highest BCUT2D eigenvalue weighted by Gasteiger charge is 2.32. The first kappa shape index (κ1) is 18.9. The average molecular weight is 357 g/mol. The molecular weight excluding hydrogens is 324 g/mol. The van der Waals surface area contributed by atoms with Gasteiger partial charge in [-0.05, 0) is 55.2 Å². The molecular formula is C22H32N2O2. The molecule has 0 N–H and O–H groups in total. The van der Waals surface area contributed by atoms with E-state index in [0.717, 1.165) is 57.4 Å². The number of hydrogen-bond donors (Lipinski definition) is 0. The standard InChI is InChI=1S/C22H32N2O2/c1-4-6-21(25)23-13-10-17(11-14-23)22(26)24-12-5-7-19-15-18(16(2)3)8-9-20(19)24/h8-9,15-17H,4-7,10-14H2,1-3H3. The van der Waals surface area contributed by atoms with Crippen molar-refractivity contribution in [3.8, 4) is 0 Å². The molecule has 1 fully saturated rings. The second kappa shape index (κ2) is 8.24. The summed E-state index contributed by atoms with van der Waals surface area (Å²) in [5, 5.41) is 0. The normalized spacial score (nSPS) is 18.2. The number of aryl methyl sites for hydroxylation is 1. The minimum Gasteiger partial charge on any atom is -0.343 e. The number of likely N-dealkylation sites (tertiary alicyclic amines) is 1. The van der Waals surface area contributed by atoms with E-state index in [1.165, 1.54) is 11.1 Å². The van der Waals surface area contributed by atoms with E-state index in [1.807, 2.05) is 16.7 Å². The summed E-state index contributed by atoms with van der Waals surface area (Å²) in [5.41, 5.74) is 3.77. The summed E-state index contributed by atoms with van der Waals surface area (Å²) in [6.07, 6.45) is 5.20. The molecule has 0 radical (unpaired) electrons. The molecule has 0 unspecified atom stereocenters. The SMILES string of the molecule is CCCC(=O)N1CCC(C(=O)N2CCCc3cc(C(C)C)ccc32)CC1. The zero-order chi connectivity index (χ0) is 18.7. The molecule has 142 valence electrons. The molecule has 0 atom stereocenters. The van der Waals surface area contributed by atoms with Crippen molar-refractivity contribution in [1.29, 1.82) is 0 Å². The smallest absolute Gasteiger partial charge is 0.230 e. The van der Waals surface area contributed by atoms with Crippen LogP contribution in [0.15, 0.2) is 18.2 Å². The van der Waals surface area contributed by atoms with E-state index < -0.39 is 0 Å². The number of piperidine rings is 1. The highest BCUT2D eigenvalue weighted by Crippen LogP contribution is 2.32. The summed E-state index contributed by atoms with van der Waals surface area (Å²) in [6.45, 7) is 8.72. The van der Waals surface area contributed by atoms with E-state index in [4.69, 9.17) is 0 Å². The number of hydrogen-bond acceptors (Lipinski definition) is 2. The molecule has 0 aliphatic carbocycles. The van der Waals surface area contributed by atoms with E-state index >= 15 is 0 Å². The molecule has 3 rings (SSSR count). The van der Waals surface area contributed by atoms with E-state index in [1.54, 1.807) is 0 Å². The molecule has 0 bridgehead atoms. The predicted molar refractivity (Wildman–Crippen MR) is 105 cm³/mol. The molecule has 4 nitrogen and oxygen atoms in total. The molecule has 0 spiro atoms. The Kier molecular flexibility index (Phi) is 6.00. The van der Waals surface area contributed by atoms with Crippen LogP contribution >= 0.6 is 0 Å². The van der Waals surface area contributed by atoms with Crippen molar-refractivity contribution in [2.24, 2.45) is 5.92 Å². The van der Waals surface area contributed by atoms with E-state index in [2.05, 4.69) is 32.0 Å². The maximum absolute atomic E-state index is 13.2. The quantitative estimate of drug-likeness (QED) is 0.814. The second-order valence-corrected chi connectivity index (χ2v) is 8.04. The van der Waals surface area contributed by atoms with Crippen LogP contribution < -0.4 is 4.90 Å². The van der Waals surface area contributed by atoms with E-state index in [0.29, 0.717) is 12.3 Å². The molecule has 4 heteroatoms. The van der Waals surface area contributed by atoms with Gasteiger partial charge < -0.3 is 9.80 Å². The first-order valence-electron chi connectivity index (χ1n) is 10.2. The summed E-state index contributed by atoms with van der Waals surface area (Å²) < 4.78 is 0. The molecule has 2 heterocycles. The fourth-order valence-electron chi connectivity index (χ4n) is 4.17. The Labute approximate surface area is 157 Å². The van der Waals surface area contributed by atoms with Gasteiger partial charge >= 0.3 is 0 Å². The van der Waals surface area contributed by atoms with Crippen LogP contribution in [-0.4, -0.2) is 36.3 Å². The van der Waals surface area contributed by atoms with Gasteiger partial charge in [-0.25, -0.2) is 0 Å². The lowest BCUT2D eigenvalue weighted by atomic mass is 9.91. The van der Waals surface area contributed by atoms with Crippen LogP contribution in [0.5, 0.6) is 0 Å². The number of anilines is 1. The summed E-state index contributed by atoms with van der Waals surface area (Å²) in [5.74, 6) is 1.06. The lowest BCUT2D eigenvalue weighted by Crippen LogP contribution is -2.45. The number of nitrogens with zero attached hydrogens (tertiary/aromatic N) is 2. The molecule has 1 aromatic rings. The Bertz CT molecular complexity index is 660.